The van der Waals surface area contributed by atoms with Crippen molar-refractivity contribution >= 4 is 17.5 Å². The topological polar surface area (TPSA) is 65.2 Å². The molecular weight excluding hydrogens is 378 g/mol. The third-order valence-electron chi connectivity index (χ3n) is 4.69. The van der Waals surface area contributed by atoms with Gasteiger partial charge in [-0.3, -0.25) is 9.48 Å². The van der Waals surface area contributed by atoms with Gasteiger partial charge in [-0.25, -0.2) is 4.68 Å². The molecule has 148 valence electrons. The van der Waals surface area contributed by atoms with Gasteiger partial charge in [0.25, 0.3) is 5.91 Å². The summed E-state index contributed by atoms with van der Waals surface area (Å²) >= 11 is 6.11. The average molecular weight is 402 g/mol. The van der Waals surface area contributed by atoms with Crippen LogP contribution in [0.2, 0.25) is 5.02 Å². The van der Waals surface area contributed by atoms with Gasteiger partial charge in [0.05, 0.1) is 10.7 Å². The van der Waals surface area contributed by atoms with Crippen LogP contribution in [0, 0.1) is 13.8 Å². The van der Waals surface area contributed by atoms with Crippen LogP contribution in [0.15, 0.2) is 36.5 Å². The fourth-order valence-electron chi connectivity index (χ4n) is 3.08. The van der Waals surface area contributed by atoms with Gasteiger partial charge < -0.3 is 9.64 Å². The van der Waals surface area contributed by atoms with Crippen molar-refractivity contribution in [2.45, 2.75) is 40.6 Å². The van der Waals surface area contributed by atoms with Crippen LogP contribution in [-0.2, 0) is 19.8 Å². The third-order valence-corrected chi connectivity index (χ3v) is 5.00. The maximum atomic E-state index is 13.0. The second-order valence-electron chi connectivity index (χ2n) is 6.55. The Morgan fingerprint density at radius 3 is 2.64 bits per heavy atom. The lowest BCUT2D eigenvalue weighted by Crippen LogP contribution is -2.29. The minimum atomic E-state index is -0.136. The van der Waals surface area contributed by atoms with E-state index in [1.807, 2.05) is 30.7 Å². The summed E-state index contributed by atoms with van der Waals surface area (Å²) in [4.78, 5) is 14.6. The highest BCUT2D eigenvalue weighted by Gasteiger charge is 2.20. The first-order valence-electron chi connectivity index (χ1n) is 9.09. The first kappa shape index (κ1) is 19.9. The Morgan fingerprint density at radius 1 is 1.21 bits per heavy atom. The molecule has 3 aromatic rings. The van der Waals surface area contributed by atoms with Crippen molar-refractivity contribution in [3.05, 3.63) is 64.2 Å². The van der Waals surface area contributed by atoms with Gasteiger partial charge in [0.2, 0.25) is 0 Å². The summed E-state index contributed by atoms with van der Waals surface area (Å²) in [6, 6.07) is 8.88. The van der Waals surface area contributed by atoms with E-state index in [-0.39, 0.29) is 12.6 Å². The Labute approximate surface area is 169 Å². The molecule has 0 bridgehead atoms. The Kier molecular flexibility index (Phi) is 6.04. The Balaban J connectivity index is 1.72. The number of aromatic nitrogens is 4. The summed E-state index contributed by atoms with van der Waals surface area (Å²) < 4.78 is 9.18. The number of ether oxygens (including phenoxy) is 1. The zero-order valence-corrected chi connectivity index (χ0v) is 17.3. The number of carbonyl (C=O) groups is 1. The molecule has 0 unspecified atom stereocenters. The number of aryl methyl sites for hydroxylation is 2. The molecule has 7 nitrogen and oxygen atoms in total. The predicted octanol–water partition coefficient (Wildman–Crippen LogP) is 3.68. The normalized spacial score (nSPS) is 10.9. The summed E-state index contributed by atoms with van der Waals surface area (Å²) in [5.41, 5.74) is 3.54. The lowest BCUT2D eigenvalue weighted by Gasteiger charge is -2.18. The molecule has 0 saturated carbocycles. The number of rotatable bonds is 7. The number of amides is 1. The summed E-state index contributed by atoms with van der Waals surface area (Å²) in [6.45, 7) is 7.42. The zero-order valence-electron chi connectivity index (χ0n) is 16.5. The Bertz CT molecular complexity index is 979. The molecule has 0 N–H and O–H groups in total. The van der Waals surface area contributed by atoms with Gasteiger partial charge in [-0.2, -0.15) is 10.2 Å². The molecule has 1 amide bonds. The van der Waals surface area contributed by atoms with E-state index in [2.05, 4.69) is 17.1 Å². The minimum absolute atomic E-state index is 0.0947. The largest absolute Gasteiger partial charge is 0.470 e. The maximum absolute atomic E-state index is 13.0. The minimum Gasteiger partial charge on any atom is -0.470 e. The van der Waals surface area contributed by atoms with E-state index in [9.17, 15) is 4.79 Å². The van der Waals surface area contributed by atoms with Crippen molar-refractivity contribution in [2.24, 2.45) is 0 Å². The molecule has 0 aliphatic heterocycles. The van der Waals surface area contributed by atoms with Crippen LogP contribution in [0.3, 0.4) is 0 Å². The van der Waals surface area contributed by atoms with Crippen molar-refractivity contribution in [2.75, 3.05) is 7.05 Å². The van der Waals surface area contributed by atoms with Crippen molar-refractivity contribution in [1.29, 1.82) is 0 Å². The van der Waals surface area contributed by atoms with E-state index < -0.39 is 0 Å². The van der Waals surface area contributed by atoms with Crippen molar-refractivity contribution in [3.8, 4) is 5.75 Å². The van der Waals surface area contributed by atoms with E-state index in [4.69, 9.17) is 16.3 Å². The predicted molar refractivity (Wildman–Crippen MR) is 107 cm³/mol. The second kappa shape index (κ2) is 8.48. The van der Waals surface area contributed by atoms with Gasteiger partial charge in [0.15, 0.2) is 6.73 Å². The van der Waals surface area contributed by atoms with Gasteiger partial charge in [-0.05, 0) is 39.0 Å². The van der Waals surface area contributed by atoms with Crippen molar-refractivity contribution < 1.29 is 9.53 Å². The number of para-hydroxylation sites is 1. The number of hydrogen-bond acceptors (Lipinski definition) is 4. The lowest BCUT2D eigenvalue weighted by molar-refractivity contribution is 0.0762. The van der Waals surface area contributed by atoms with Gasteiger partial charge in [0, 0.05) is 37.6 Å². The Hall–Kier alpha value is -2.80. The highest BCUT2D eigenvalue weighted by atomic mass is 35.5. The zero-order chi connectivity index (χ0) is 20.3. The molecule has 0 aliphatic carbocycles. The van der Waals surface area contributed by atoms with Crippen molar-refractivity contribution in [3.63, 3.8) is 0 Å². The summed E-state index contributed by atoms with van der Waals surface area (Å²) in [6.07, 6.45) is 1.59. The molecule has 28 heavy (non-hydrogen) atoms. The number of nitrogens with zero attached hydrogens (tertiary/aromatic N) is 5. The van der Waals surface area contributed by atoms with Crippen LogP contribution in [-0.4, -0.2) is 37.4 Å². The van der Waals surface area contributed by atoms with E-state index in [1.54, 1.807) is 36.3 Å². The smallest absolute Gasteiger partial charge is 0.272 e. The number of halogens is 1. The molecule has 0 radical (unpaired) electrons. The van der Waals surface area contributed by atoms with Crippen LogP contribution < -0.4 is 4.74 Å². The first-order chi connectivity index (χ1) is 13.4. The Morgan fingerprint density at radius 2 is 1.96 bits per heavy atom. The molecule has 0 spiro atoms. The van der Waals surface area contributed by atoms with Gasteiger partial charge in [-0.1, -0.05) is 23.7 Å². The molecule has 2 heterocycles. The highest BCUT2D eigenvalue weighted by Crippen LogP contribution is 2.23. The monoisotopic (exact) mass is 401 g/mol. The third kappa shape index (κ3) is 4.04. The van der Waals surface area contributed by atoms with Gasteiger partial charge in [-0.15, -0.1) is 0 Å². The lowest BCUT2D eigenvalue weighted by atomic mass is 10.2. The van der Waals surface area contributed by atoms with Gasteiger partial charge >= 0.3 is 0 Å². The van der Waals surface area contributed by atoms with Crippen LogP contribution >= 0.6 is 11.6 Å². The van der Waals surface area contributed by atoms with Crippen LogP contribution in [0.25, 0.3) is 0 Å². The summed E-state index contributed by atoms with van der Waals surface area (Å²) in [5.74, 6) is 0.410. The molecule has 0 atom stereocenters. The summed E-state index contributed by atoms with van der Waals surface area (Å²) in [7, 11) is 1.77. The molecule has 2 aromatic heterocycles. The number of hydrogen-bond donors (Lipinski definition) is 0. The molecule has 0 fully saturated rings. The molecule has 8 heteroatoms. The van der Waals surface area contributed by atoms with Crippen LogP contribution in [0.4, 0.5) is 0 Å². The quantitative estimate of drug-likeness (QED) is 0.605. The second-order valence-corrected chi connectivity index (χ2v) is 6.95. The van der Waals surface area contributed by atoms with Gasteiger partial charge in [0.1, 0.15) is 11.4 Å². The molecule has 0 aliphatic rings. The van der Waals surface area contributed by atoms with E-state index in [0.29, 0.717) is 23.0 Å². The standard InChI is InChI=1S/C20H24ClN5O2/c1-5-25-15(3)16(14(2)23-25)12-24(4)20(27)18-10-11-22-26(18)13-28-19-9-7-6-8-17(19)21/h6-11H,5,12-13H2,1-4H3. The SMILES string of the molecule is CCn1nc(C)c(CN(C)C(=O)c2ccnn2COc2ccccc2Cl)c1C. The van der Waals surface area contributed by atoms with Crippen molar-refractivity contribution in [1.82, 2.24) is 24.5 Å². The van der Waals surface area contributed by atoms with E-state index in [1.165, 1.54) is 4.68 Å². The number of carbonyl (C=O) groups excluding carboxylic acids is 1. The number of benzene rings is 1. The molecule has 0 saturated heterocycles. The van der Waals surface area contributed by atoms with Crippen LogP contribution in [0.1, 0.15) is 34.4 Å². The average Bonchev–Trinajstić information content (AvgIpc) is 3.26. The fraction of sp³-hybridized carbons (Fsp3) is 0.350. The maximum Gasteiger partial charge on any atom is 0.272 e. The van der Waals surface area contributed by atoms with E-state index in [0.717, 1.165) is 23.5 Å². The fourth-order valence-corrected chi connectivity index (χ4v) is 3.28. The molecular formula is C20H24ClN5O2. The van der Waals surface area contributed by atoms with E-state index >= 15 is 0 Å². The van der Waals surface area contributed by atoms with Crippen LogP contribution in [0.5, 0.6) is 5.75 Å². The molecule has 1 aromatic carbocycles. The molecule has 3 rings (SSSR count). The first-order valence-corrected chi connectivity index (χ1v) is 9.47. The summed E-state index contributed by atoms with van der Waals surface area (Å²) in [5, 5.41) is 9.24. The highest BCUT2D eigenvalue weighted by molar-refractivity contribution is 6.32.